The maximum absolute atomic E-state index is 9.25. The van der Waals surface area contributed by atoms with Crippen molar-refractivity contribution < 1.29 is 24.8 Å². The molecule has 0 amide bonds. The first-order valence-corrected chi connectivity index (χ1v) is 4.90. The predicted octanol–water partition coefficient (Wildman–Crippen LogP) is -1.10. The van der Waals surface area contributed by atoms with Gasteiger partial charge in [-0.15, -0.1) is 0 Å². The second-order valence-electron chi connectivity index (χ2n) is 3.49. The van der Waals surface area contributed by atoms with E-state index in [-0.39, 0.29) is 6.10 Å². The Hall–Kier alpha value is -0.200. The SMILES string of the molecule is OCC(O)C(O)CCCOCC1CO1. The maximum Gasteiger partial charge on any atom is 0.104 e. The van der Waals surface area contributed by atoms with Gasteiger partial charge in [-0.2, -0.15) is 0 Å². The minimum atomic E-state index is -1.04. The van der Waals surface area contributed by atoms with E-state index in [0.717, 1.165) is 6.61 Å². The van der Waals surface area contributed by atoms with Crippen LogP contribution in [-0.2, 0) is 9.47 Å². The number of hydrogen-bond acceptors (Lipinski definition) is 5. The topological polar surface area (TPSA) is 82.5 Å². The molecule has 0 aliphatic carbocycles. The van der Waals surface area contributed by atoms with Crippen LogP contribution in [0.3, 0.4) is 0 Å². The fourth-order valence-corrected chi connectivity index (χ4v) is 1.09. The Labute approximate surface area is 83.3 Å². The fourth-order valence-electron chi connectivity index (χ4n) is 1.09. The van der Waals surface area contributed by atoms with E-state index in [4.69, 9.17) is 19.7 Å². The second kappa shape index (κ2) is 6.31. The molecule has 1 aliphatic rings. The highest BCUT2D eigenvalue weighted by Gasteiger charge is 2.22. The molecule has 0 saturated carbocycles. The summed E-state index contributed by atoms with van der Waals surface area (Å²) in [5.74, 6) is 0. The van der Waals surface area contributed by atoms with Crippen LogP contribution in [0.15, 0.2) is 0 Å². The summed E-state index contributed by atoms with van der Waals surface area (Å²) < 4.78 is 10.2. The van der Waals surface area contributed by atoms with Gasteiger partial charge < -0.3 is 24.8 Å². The Morgan fingerprint density at radius 2 is 2.07 bits per heavy atom. The van der Waals surface area contributed by atoms with E-state index in [1.807, 2.05) is 0 Å². The standard InChI is InChI=1S/C9H18O5/c10-4-9(12)8(11)2-1-3-13-5-7-6-14-7/h7-12H,1-6H2. The summed E-state index contributed by atoms with van der Waals surface area (Å²) in [5, 5.41) is 26.8. The van der Waals surface area contributed by atoms with Crippen molar-refractivity contribution in [3.8, 4) is 0 Å². The lowest BCUT2D eigenvalue weighted by molar-refractivity contribution is -0.0218. The first-order valence-electron chi connectivity index (χ1n) is 4.90. The van der Waals surface area contributed by atoms with Gasteiger partial charge in [0.15, 0.2) is 0 Å². The molecule has 0 aromatic carbocycles. The number of rotatable bonds is 8. The highest BCUT2D eigenvalue weighted by atomic mass is 16.6. The first kappa shape index (κ1) is 11.9. The van der Waals surface area contributed by atoms with Gasteiger partial charge in [0, 0.05) is 6.61 Å². The number of aliphatic hydroxyl groups excluding tert-OH is 3. The summed E-state index contributed by atoms with van der Waals surface area (Å²) in [4.78, 5) is 0. The molecular formula is C9H18O5. The third-order valence-electron chi connectivity index (χ3n) is 2.13. The Balaban J connectivity index is 1.86. The molecule has 1 heterocycles. The molecule has 0 aromatic rings. The number of hydrogen-bond donors (Lipinski definition) is 3. The summed E-state index contributed by atoms with van der Waals surface area (Å²) in [6, 6.07) is 0. The second-order valence-corrected chi connectivity index (χ2v) is 3.49. The van der Waals surface area contributed by atoms with Gasteiger partial charge in [0.25, 0.3) is 0 Å². The van der Waals surface area contributed by atoms with Crippen LogP contribution in [0.1, 0.15) is 12.8 Å². The Morgan fingerprint density at radius 3 is 2.64 bits per heavy atom. The largest absolute Gasteiger partial charge is 0.394 e. The van der Waals surface area contributed by atoms with Crippen LogP contribution >= 0.6 is 0 Å². The van der Waals surface area contributed by atoms with Gasteiger partial charge in [-0.05, 0) is 12.8 Å². The molecule has 0 aromatic heterocycles. The Bertz CT molecular complexity index is 148. The quantitative estimate of drug-likeness (QED) is 0.347. The van der Waals surface area contributed by atoms with Crippen molar-refractivity contribution in [1.29, 1.82) is 0 Å². The number of epoxide rings is 1. The van der Waals surface area contributed by atoms with Crippen molar-refractivity contribution in [3.63, 3.8) is 0 Å². The van der Waals surface area contributed by atoms with E-state index in [9.17, 15) is 5.11 Å². The van der Waals surface area contributed by atoms with Crippen molar-refractivity contribution in [2.24, 2.45) is 0 Å². The zero-order valence-electron chi connectivity index (χ0n) is 8.13. The normalized spacial score (nSPS) is 24.6. The molecular weight excluding hydrogens is 188 g/mol. The molecule has 3 N–H and O–H groups in total. The average molecular weight is 206 g/mol. The maximum atomic E-state index is 9.25. The smallest absolute Gasteiger partial charge is 0.104 e. The minimum Gasteiger partial charge on any atom is -0.394 e. The lowest BCUT2D eigenvalue weighted by atomic mass is 10.1. The molecule has 3 unspecified atom stereocenters. The third kappa shape index (κ3) is 4.88. The fraction of sp³-hybridized carbons (Fsp3) is 1.00. The van der Waals surface area contributed by atoms with E-state index in [0.29, 0.717) is 26.1 Å². The van der Waals surface area contributed by atoms with Crippen molar-refractivity contribution in [3.05, 3.63) is 0 Å². The van der Waals surface area contributed by atoms with Crippen LogP contribution in [0.2, 0.25) is 0 Å². The van der Waals surface area contributed by atoms with Crippen molar-refractivity contribution >= 4 is 0 Å². The highest BCUT2D eigenvalue weighted by Crippen LogP contribution is 2.09. The molecule has 84 valence electrons. The van der Waals surface area contributed by atoms with Crippen LogP contribution in [0.4, 0.5) is 0 Å². The van der Waals surface area contributed by atoms with Crippen LogP contribution in [0.25, 0.3) is 0 Å². The molecule has 0 radical (unpaired) electrons. The van der Waals surface area contributed by atoms with E-state index in [1.165, 1.54) is 0 Å². The van der Waals surface area contributed by atoms with Gasteiger partial charge in [0.2, 0.25) is 0 Å². The van der Waals surface area contributed by atoms with Gasteiger partial charge in [0.05, 0.1) is 25.9 Å². The Kier molecular flexibility index (Phi) is 5.36. The summed E-state index contributed by atoms with van der Waals surface area (Å²) in [6.45, 7) is 1.54. The monoisotopic (exact) mass is 206 g/mol. The van der Waals surface area contributed by atoms with Crippen LogP contribution < -0.4 is 0 Å². The van der Waals surface area contributed by atoms with E-state index < -0.39 is 18.8 Å². The molecule has 1 fully saturated rings. The molecule has 1 saturated heterocycles. The zero-order chi connectivity index (χ0) is 10.4. The number of aliphatic hydroxyl groups is 3. The van der Waals surface area contributed by atoms with Crippen LogP contribution in [0.5, 0.6) is 0 Å². The molecule has 3 atom stereocenters. The van der Waals surface area contributed by atoms with Crippen LogP contribution in [-0.4, -0.2) is 60.1 Å². The molecule has 14 heavy (non-hydrogen) atoms. The van der Waals surface area contributed by atoms with E-state index in [2.05, 4.69) is 0 Å². The molecule has 0 bridgehead atoms. The highest BCUT2D eigenvalue weighted by molar-refractivity contribution is 4.68. The van der Waals surface area contributed by atoms with Gasteiger partial charge >= 0.3 is 0 Å². The van der Waals surface area contributed by atoms with Gasteiger partial charge in [-0.3, -0.25) is 0 Å². The molecule has 1 rings (SSSR count). The summed E-state index contributed by atoms with van der Waals surface area (Å²) >= 11 is 0. The molecule has 5 nitrogen and oxygen atoms in total. The minimum absolute atomic E-state index is 0.267. The van der Waals surface area contributed by atoms with Gasteiger partial charge in [0.1, 0.15) is 12.2 Å². The number of ether oxygens (including phenoxy) is 2. The Morgan fingerprint density at radius 1 is 1.36 bits per heavy atom. The third-order valence-corrected chi connectivity index (χ3v) is 2.13. The summed E-state index contributed by atoms with van der Waals surface area (Å²) in [6.07, 6.45) is -0.524. The molecule has 1 aliphatic heterocycles. The van der Waals surface area contributed by atoms with Crippen molar-refractivity contribution in [2.75, 3.05) is 26.4 Å². The molecule has 0 spiro atoms. The van der Waals surface area contributed by atoms with E-state index in [1.54, 1.807) is 0 Å². The van der Waals surface area contributed by atoms with Gasteiger partial charge in [-0.25, -0.2) is 0 Å². The van der Waals surface area contributed by atoms with E-state index >= 15 is 0 Å². The lowest BCUT2D eigenvalue weighted by Crippen LogP contribution is -2.29. The summed E-state index contributed by atoms with van der Waals surface area (Å²) in [5.41, 5.74) is 0. The predicted molar refractivity (Wildman–Crippen MR) is 48.9 cm³/mol. The lowest BCUT2D eigenvalue weighted by Gasteiger charge is -2.14. The van der Waals surface area contributed by atoms with Crippen molar-refractivity contribution in [2.45, 2.75) is 31.2 Å². The zero-order valence-corrected chi connectivity index (χ0v) is 8.13. The average Bonchev–Trinajstić information content (AvgIpc) is 2.99. The van der Waals surface area contributed by atoms with Crippen LogP contribution in [0, 0.1) is 0 Å². The molecule has 5 heteroatoms. The van der Waals surface area contributed by atoms with Crippen molar-refractivity contribution in [1.82, 2.24) is 0 Å². The first-order chi connectivity index (χ1) is 6.74. The summed E-state index contributed by atoms with van der Waals surface area (Å²) in [7, 11) is 0. The van der Waals surface area contributed by atoms with Gasteiger partial charge in [-0.1, -0.05) is 0 Å².